The summed E-state index contributed by atoms with van der Waals surface area (Å²) < 4.78 is 11.1. The molecule has 0 saturated heterocycles. The van der Waals surface area contributed by atoms with Crippen molar-refractivity contribution in [2.75, 3.05) is 7.11 Å². The number of fused-ring (bicyclic) bond motifs is 1. The maximum atomic E-state index is 12.3. The van der Waals surface area contributed by atoms with Crippen molar-refractivity contribution in [2.24, 2.45) is 0 Å². The summed E-state index contributed by atoms with van der Waals surface area (Å²) in [5.41, 5.74) is 1.40. The van der Waals surface area contributed by atoms with Crippen molar-refractivity contribution in [3.63, 3.8) is 0 Å². The molecule has 4 heteroatoms. The van der Waals surface area contributed by atoms with Gasteiger partial charge in [-0.3, -0.25) is 4.79 Å². The highest BCUT2D eigenvalue weighted by Gasteiger charge is 2.31. The van der Waals surface area contributed by atoms with Gasteiger partial charge in [0.1, 0.15) is 23.2 Å². The molecule has 1 heterocycles. The summed E-state index contributed by atoms with van der Waals surface area (Å²) in [6, 6.07) is 12.7. The van der Waals surface area contributed by atoms with Gasteiger partial charge in [-0.1, -0.05) is 30.3 Å². The topological polar surface area (TPSA) is 58.4 Å². The average Bonchev–Trinajstić information content (AvgIpc) is 2.46. The number of hydrogen-bond acceptors (Lipinski definition) is 3. The number of carbonyl (C=O) groups excluding carboxylic acids is 1. The maximum Gasteiger partial charge on any atom is 0.261 e. The molecular weight excluding hydrogens is 256 g/mol. The van der Waals surface area contributed by atoms with Crippen molar-refractivity contribution in [2.45, 2.75) is 12.5 Å². The molecule has 1 atom stereocenters. The summed E-state index contributed by atoms with van der Waals surface area (Å²) in [6.45, 7) is 0. The Morgan fingerprint density at radius 1 is 1.25 bits per heavy atom. The fourth-order valence-corrected chi connectivity index (χ4v) is 2.44. The van der Waals surface area contributed by atoms with Gasteiger partial charge in [-0.15, -0.1) is 0 Å². The van der Waals surface area contributed by atoms with Gasteiger partial charge in [0, 0.05) is 0 Å². The van der Waals surface area contributed by atoms with Crippen LogP contribution in [0.5, 0.6) is 17.2 Å². The molecule has 1 aliphatic rings. The number of ether oxygens (including phenoxy) is 2. The Morgan fingerprint density at radius 3 is 2.70 bits per heavy atom. The van der Waals surface area contributed by atoms with Crippen LogP contribution in [-0.2, 0) is 0 Å². The maximum absolute atomic E-state index is 12.3. The molecule has 0 radical (unpaired) electrons. The van der Waals surface area contributed by atoms with E-state index in [0.29, 0.717) is 17.1 Å². The molecule has 20 heavy (non-hydrogen) atoms. The normalized spacial score (nSPS) is 17.2. The lowest BCUT2D eigenvalue weighted by molar-refractivity contribution is 0.0844. The van der Waals surface area contributed by atoms with Crippen LogP contribution >= 0.6 is 0 Å². The second-order valence-electron chi connectivity index (χ2n) is 4.70. The largest absolute Gasteiger partial charge is 0.593 e. The van der Waals surface area contributed by atoms with Crippen LogP contribution < -0.4 is 9.47 Å². The van der Waals surface area contributed by atoms with Crippen molar-refractivity contribution in [3.05, 3.63) is 53.6 Å². The minimum atomic E-state index is -0.303. The molecule has 3 rings (SSSR count). The van der Waals surface area contributed by atoms with E-state index in [9.17, 15) is 4.79 Å². The van der Waals surface area contributed by atoms with Crippen LogP contribution in [0.1, 0.15) is 28.4 Å². The SMILES string of the molecule is COc1cc([OH2+])cc2c1C(=O)C[C@@H](c1ccccc1)O2. The van der Waals surface area contributed by atoms with Crippen LogP contribution in [-0.4, -0.2) is 18.0 Å². The number of ketones is 1. The molecule has 0 aromatic heterocycles. The predicted octanol–water partition coefficient (Wildman–Crippen LogP) is 2.84. The molecule has 0 unspecified atom stereocenters. The smallest absolute Gasteiger partial charge is 0.261 e. The third kappa shape index (κ3) is 2.09. The van der Waals surface area contributed by atoms with Gasteiger partial charge in [0.15, 0.2) is 5.78 Å². The lowest BCUT2D eigenvalue weighted by Crippen LogP contribution is -2.21. The van der Waals surface area contributed by atoms with Crippen molar-refractivity contribution in [1.82, 2.24) is 0 Å². The molecular formula is C16H15O4+. The Morgan fingerprint density at radius 2 is 2.00 bits per heavy atom. The fourth-order valence-electron chi connectivity index (χ4n) is 2.44. The second-order valence-corrected chi connectivity index (χ2v) is 4.70. The summed E-state index contributed by atoms with van der Waals surface area (Å²) in [5.74, 6) is 1.09. The van der Waals surface area contributed by atoms with Crippen LogP contribution in [0.4, 0.5) is 0 Å². The number of hydrogen-bond donors (Lipinski definition) is 0. The predicted molar refractivity (Wildman–Crippen MR) is 74.8 cm³/mol. The summed E-state index contributed by atoms with van der Waals surface area (Å²) in [6.07, 6.45) is -0.0206. The molecule has 2 N–H and O–H groups in total. The molecule has 4 nitrogen and oxygen atoms in total. The fraction of sp³-hybridized carbons (Fsp3) is 0.188. The molecule has 0 aliphatic carbocycles. The zero-order valence-corrected chi connectivity index (χ0v) is 11.1. The molecule has 2 aromatic rings. The van der Waals surface area contributed by atoms with Crippen LogP contribution in [0.15, 0.2) is 42.5 Å². The number of carbonyl (C=O) groups is 1. The number of methoxy groups -OCH3 is 1. The van der Waals surface area contributed by atoms with Gasteiger partial charge < -0.3 is 14.6 Å². The van der Waals surface area contributed by atoms with E-state index in [-0.39, 0.29) is 24.1 Å². The molecule has 0 amide bonds. The van der Waals surface area contributed by atoms with Crippen molar-refractivity contribution in [1.29, 1.82) is 0 Å². The van der Waals surface area contributed by atoms with E-state index >= 15 is 0 Å². The highest BCUT2D eigenvalue weighted by atomic mass is 16.5. The first-order valence-corrected chi connectivity index (χ1v) is 6.37. The lowest BCUT2D eigenvalue weighted by Gasteiger charge is -2.26. The van der Waals surface area contributed by atoms with Gasteiger partial charge in [0.2, 0.25) is 0 Å². The number of Topliss-reactive ketones (excluding diaryl/α,β-unsaturated/α-hetero) is 1. The molecule has 0 bridgehead atoms. The zero-order chi connectivity index (χ0) is 14.1. The number of rotatable bonds is 2. The first kappa shape index (κ1) is 12.5. The van der Waals surface area contributed by atoms with Gasteiger partial charge >= 0.3 is 0 Å². The highest BCUT2D eigenvalue weighted by molar-refractivity contribution is 6.02. The quantitative estimate of drug-likeness (QED) is 0.789. The zero-order valence-electron chi connectivity index (χ0n) is 11.1. The van der Waals surface area contributed by atoms with Gasteiger partial charge in [0.05, 0.1) is 25.7 Å². The molecule has 102 valence electrons. The monoisotopic (exact) mass is 271 g/mol. The summed E-state index contributed by atoms with van der Waals surface area (Å²) in [4.78, 5) is 12.3. The molecule has 0 saturated carbocycles. The molecule has 1 aliphatic heterocycles. The third-order valence-electron chi connectivity index (χ3n) is 3.38. The minimum Gasteiger partial charge on any atom is -0.593 e. The van der Waals surface area contributed by atoms with E-state index in [1.54, 1.807) is 6.07 Å². The van der Waals surface area contributed by atoms with Crippen molar-refractivity contribution in [3.8, 4) is 17.2 Å². The summed E-state index contributed by atoms with van der Waals surface area (Å²) in [5, 5.41) is 7.74. The Balaban J connectivity index is 2.03. The lowest BCUT2D eigenvalue weighted by atomic mass is 9.95. The first-order valence-electron chi connectivity index (χ1n) is 6.37. The van der Waals surface area contributed by atoms with E-state index < -0.39 is 0 Å². The molecule has 0 fully saturated rings. The van der Waals surface area contributed by atoms with Gasteiger partial charge in [-0.2, -0.15) is 0 Å². The van der Waals surface area contributed by atoms with Crippen molar-refractivity contribution >= 4 is 5.78 Å². The molecule has 2 aromatic carbocycles. The second kappa shape index (κ2) is 4.89. The Bertz CT molecular complexity index is 649. The summed E-state index contributed by atoms with van der Waals surface area (Å²) in [7, 11) is 1.49. The number of benzene rings is 2. The van der Waals surface area contributed by atoms with Crippen LogP contribution in [0.25, 0.3) is 0 Å². The van der Waals surface area contributed by atoms with Gasteiger partial charge in [-0.25, -0.2) is 0 Å². The standard InChI is InChI=1S/C16H14O4/c1-19-14-7-11(17)8-15-16(14)12(18)9-13(20-15)10-5-3-2-4-6-10/h2-8,13,17H,9H2,1H3/p+1/t13-/m0/s1. The van der Waals surface area contributed by atoms with E-state index in [4.69, 9.17) is 14.6 Å². The van der Waals surface area contributed by atoms with E-state index in [1.165, 1.54) is 13.2 Å². The summed E-state index contributed by atoms with van der Waals surface area (Å²) >= 11 is 0. The molecule has 0 spiro atoms. The average molecular weight is 271 g/mol. The van der Waals surface area contributed by atoms with Gasteiger partial charge in [-0.05, 0) is 5.56 Å². The highest BCUT2D eigenvalue weighted by Crippen LogP contribution is 2.41. The van der Waals surface area contributed by atoms with Gasteiger partial charge in [0.25, 0.3) is 5.75 Å². The minimum absolute atomic E-state index is 0.0167. The van der Waals surface area contributed by atoms with Crippen LogP contribution in [0, 0.1) is 0 Å². The Hall–Kier alpha value is -2.49. The van der Waals surface area contributed by atoms with Crippen molar-refractivity contribution < 1.29 is 19.4 Å². The Labute approximate surface area is 116 Å². The Kier molecular flexibility index (Phi) is 3.06. The first-order chi connectivity index (χ1) is 9.69. The van der Waals surface area contributed by atoms with Crippen LogP contribution in [0.2, 0.25) is 0 Å². The van der Waals surface area contributed by atoms with E-state index in [1.807, 2.05) is 30.3 Å². The van der Waals surface area contributed by atoms with E-state index in [0.717, 1.165) is 5.56 Å². The van der Waals surface area contributed by atoms with Crippen LogP contribution in [0.3, 0.4) is 0 Å². The third-order valence-corrected chi connectivity index (χ3v) is 3.38. The van der Waals surface area contributed by atoms with E-state index in [2.05, 4.69) is 0 Å².